The molecular formula is C13H23N3. The van der Waals surface area contributed by atoms with E-state index >= 15 is 0 Å². The highest BCUT2D eigenvalue weighted by molar-refractivity contribution is 5.24. The van der Waals surface area contributed by atoms with Crippen molar-refractivity contribution in [1.82, 2.24) is 15.1 Å². The van der Waals surface area contributed by atoms with Crippen molar-refractivity contribution in [3.05, 3.63) is 29.1 Å². The van der Waals surface area contributed by atoms with Crippen LogP contribution in [-0.2, 0) is 13.0 Å². The molecule has 90 valence electrons. The summed E-state index contributed by atoms with van der Waals surface area (Å²) in [5.74, 6) is 0. The lowest BCUT2D eigenvalue weighted by Gasteiger charge is -2.08. The molecule has 1 N–H and O–H groups in total. The van der Waals surface area contributed by atoms with Crippen LogP contribution in [0.25, 0.3) is 0 Å². The zero-order valence-corrected chi connectivity index (χ0v) is 10.9. The van der Waals surface area contributed by atoms with Gasteiger partial charge >= 0.3 is 0 Å². The van der Waals surface area contributed by atoms with Crippen molar-refractivity contribution in [3.63, 3.8) is 0 Å². The maximum absolute atomic E-state index is 4.56. The van der Waals surface area contributed by atoms with E-state index in [4.69, 9.17) is 0 Å². The molecular weight excluding hydrogens is 198 g/mol. The highest BCUT2D eigenvalue weighted by atomic mass is 15.3. The van der Waals surface area contributed by atoms with Gasteiger partial charge in [-0.25, -0.2) is 0 Å². The monoisotopic (exact) mass is 221 g/mol. The third-order valence-corrected chi connectivity index (χ3v) is 2.88. The number of nitrogens with one attached hydrogen (secondary N) is 1. The van der Waals surface area contributed by atoms with Crippen LogP contribution in [0, 0.1) is 13.8 Å². The van der Waals surface area contributed by atoms with E-state index in [1.165, 1.54) is 16.8 Å². The number of aryl methyl sites for hydroxylation is 1. The Morgan fingerprint density at radius 2 is 2.06 bits per heavy atom. The van der Waals surface area contributed by atoms with Crippen molar-refractivity contribution < 1.29 is 0 Å². The van der Waals surface area contributed by atoms with Gasteiger partial charge in [-0.05, 0) is 37.9 Å². The second kappa shape index (κ2) is 5.85. The molecule has 1 rings (SSSR count). The molecule has 0 aliphatic heterocycles. The van der Waals surface area contributed by atoms with Crippen LogP contribution in [0.2, 0.25) is 0 Å². The van der Waals surface area contributed by atoms with Crippen LogP contribution in [0.15, 0.2) is 12.2 Å². The number of aromatic nitrogens is 2. The third-order valence-electron chi connectivity index (χ3n) is 2.88. The molecule has 0 fully saturated rings. The maximum Gasteiger partial charge on any atom is 0.0632 e. The smallest absolute Gasteiger partial charge is 0.0632 e. The Bertz CT molecular complexity index is 363. The average Bonchev–Trinajstić information content (AvgIpc) is 2.51. The minimum atomic E-state index is 0.819. The van der Waals surface area contributed by atoms with Gasteiger partial charge in [0, 0.05) is 12.2 Å². The van der Waals surface area contributed by atoms with E-state index in [0.29, 0.717) is 0 Å². The Morgan fingerprint density at radius 3 is 2.56 bits per heavy atom. The Morgan fingerprint density at radius 1 is 1.38 bits per heavy atom. The number of rotatable bonds is 6. The van der Waals surface area contributed by atoms with E-state index in [-0.39, 0.29) is 0 Å². The molecule has 1 aromatic rings. The molecule has 0 unspecified atom stereocenters. The van der Waals surface area contributed by atoms with Crippen LogP contribution < -0.4 is 5.32 Å². The zero-order chi connectivity index (χ0) is 12.1. The highest BCUT2D eigenvalue weighted by Gasteiger charge is 2.09. The first-order valence-corrected chi connectivity index (χ1v) is 6.00. The van der Waals surface area contributed by atoms with Gasteiger partial charge in [0.25, 0.3) is 0 Å². The molecule has 3 nitrogen and oxygen atoms in total. The van der Waals surface area contributed by atoms with Crippen molar-refractivity contribution in [2.75, 3.05) is 13.1 Å². The molecule has 0 saturated carbocycles. The van der Waals surface area contributed by atoms with E-state index in [2.05, 4.69) is 49.4 Å². The summed E-state index contributed by atoms with van der Waals surface area (Å²) in [6.07, 6.45) is 1.05. The maximum atomic E-state index is 4.56. The first kappa shape index (κ1) is 13.0. The van der Waals surface area contributed by atoms with Gasteiger partial charge in [-0.1, -0.05) is 20.4 Å². The Hall–Kier alpha value is -1.09. The summed E-state index contributed by atoms with van der Waals surface area (Å²) < 4.78 is 2.06. The van der Waals surface area contributed by atoms with E-state index in [1.54, 1.807) is 0 Å². The molecule has 3 heteroatoms. The van der Waals surface area contributed by atoms with Crippen LogP contribution in [0.3, 0.4) is 0 Å². The van der Waals surface area contributed by atoms with E-state index in [9.17, 15) is 0 Å². The molecule has 0 aliphatic rings. The lowest BCUT2D eigenvalue weighted by molar-refractivity contribution is 0.625. The van der Waals surface area contributed by atoms with Crippen molar-refractivity contribution in [2.24, 2.45) is 0 Å². The quantitative estimate of drug-likeness (QED) is 0.747. The van der Waals surface area contributed by atoms with E-state index in [1.807, 2.05) is 0 Å². The molecule has 1 heterocycles. The summed E-state index contributed by atoms with van der Waals surface area (Å²) in [5, 5.41) is 7.84. The van der Waals surface area contributed by atoms with Crippen molar-refractivity contribution in [1.29, 1.82) is 0 Å². The van der Waals surface area contributed by atoms with Gasteiger partial charge < -0.3 is 5.32 Å². The number of likely N-dealkylation sites (N-methyl/N-ethyl adjacent to an activating group) is 1. The second-order valence-corrected chi connectivity index (χ2v) is 4.19. The standard InChI is InChI=1S/C13H23N3/c1-6-13-11(4)15-16(12(13)5)9-10(3)8-14-7-2/h14H,3,6-9H2,1-2,4-5H3. The van der Waals surface area contributed by atoms with Gasteiger partial charge in [0.15, 0.2) is 0 Å². The minimum Gasteiger partial charge on any atom is -0.313 e. The summed E-state index contributed by atoms with van der Waals surface area (Å²) in [7, 11) is 0. The normalized spacial score (nSPS) is 10.8. The molecule has 0 aromatic carbocycles. The lowest BCUT2D eigenvalue weighted by Crippen LogP contribution is -2.19. The summed E-state index contributed by atoms with van der Waals surface area (Å²) in [5.41, 5.74) is 4.97. The van der Waals surface area contributed by atoms with Crippen molar-refractivity contribution in [3.8, 4) is 0 Å². The second-order valence-electron chi connectivity index (χ2n) is 4.19. The molecule has 1 aromatic heterocycles. The predicted molar refractivity (Wildman–Crippen MR) is 68.8 cm³/mol. The van der Waals surface area contributed by atoms with Crippen LogP contribution in [0.1, 0.15) is 30.8 Å². The van der Waals surface area contributed by atoms with Gasteiger partial charge in [-0.2, -0.15) is 5.10 Å². The SMILES string of the molecule is C=C(CNCC)Cn1nc(C)c(CC)c1C. The Labute approximate surface area is 98.5 Å². The Balaban J connectivity index is 2.70. The van der Waals surface area contributed by atoms with Gasteiger partial charge in [0.1, 0.15) is 0 Å². The molecule has 16 heavy (non-hydrogen) atoms. The summed E-state index contributed by atoms with van der Waals surface area (Å²) in [4.78, 5) is 0. The predicted octanol–water partition coefficient (Wildman–Crippen LogP) is 2.23. The largest absolute Gasteiger partial charge is 0.313 e. The number of hydrogen-bond acceptors (Lipinski definition) is 2. The fourth-order valence-electron chi connectivity index (χ4n) is 1.97. The van der Waals surface area contributed by atoms with Gasteiger partial charge in [-0.15, -0.1) is 0 Å². The molecule has 0 saturated heterocycles. The minimum absolute atomic E-state index is 0.819. The van der Waals surface area contributed by atoms with Crippen LogP contribution in [0.4, 0.5) is 0 Å². The van der Waals surface area contributed by atoms with E-state index in [0.717, 1.165) is 31.7 Å². The van der Waals surface area contributed by atoms with Gasteiger partial charge in [0.05, 0.1) is 12.2 Å². The molecule has 0 radical (unpaired) electrons. The fourth-order valence-corrected chi connectivity index (χ4v) is 1.97. The first-order valence-electron chi connectivity index (χ1n) is 6.00. The average molecular weight is 221 g/mol. The number of hydrogen-bond donors (Lipinski definition) is 1. The lowest BCUT2D eigenvalue weighted by atomic mass is 10.1. The molecule has 0 amide bonds. The van der Waals surface area contributed by atoms with Crippen LogP contribution in [-0.4, -0.2) is 22.9 Å². The zero-order valence-electron chi connectivity index (χ0n) is 10.9. The van der Waals surface area contributed by atoms with Crippen LogP contribution in [0.5, 0.6) is 0 Å². The fraction of sp³-hybridized carbons (Fsp3) is 0.615. The molecule has 0 atom stereocenters. The first-order chi connectivity index (χ1) is 7.60. The molecule has 0 bridgehead atoms. The molecule has 0 spiro atoms. The van der Waals surface area contributed by atoms with Gasteiger partial charge in [-0.3, -0.25) is 4.68 Å². The van der Waals surface area contributed by atoms with Crippen molar-refractivity contribution >= 4 is 0 Å². The Kier molecular flexibility index (Phi) is 4.74. The topological polar surface area (TPSA) is 29.9 Å². The summed E-state index contributed by atoms with van der Waals surface area (Å²) in [6, 6.07) is 0. The highest BCUT2D eigenvalue weighted by Crippen LogP contribution is 2.14. The van der Waals surface area contributed by atoms with Gasteiger partial charge in [0.2, 0.25) is 0 Å². The van der Waals surface area contributed by atoms with Crippen molar-refractivity contribution in [2.45, 2.75) is 40.7 Å². The third kappa shape index (κ3) is 2.95. The molecule has 0 aliphatic carbocycles. The van der Waals surface area contributed by atoms with Crippen LogP contribution >= 0.6 is 0 Å². The summed E-state index contributed by atoms with van der Waals surface area (Å²) in [6.45, 7) is 15.2. The summed E-state index contributed by atoms with van der Waals surface area (Å²) >= 11 is 0. The number of nitrogens with zero attached hydrogens (tertiary/aromatic N) is 2. The van der Waals surface area contributed by atoms with E-state index < -0.39 is 0 Å².